The van der Waals surface area contributed by atoms with Crippen molar-refractivity contribution < 1.29 is 9.53 Å². The molecule has 3 rings (SSSR count). The normalized spacial score (nSPS) is 18.5. The molecule has 0 aromatic heterocycles. The zero-order chi connectivity index (χ0) is 14.7. The molecule has 1 aliphatic rings. The fraction of sp³-hybridized carbons (Fsp3) is 0.278. The molecule has 1 saturated heterocycles. The summed E-state index contributed by atoms with van der Waals surface area (Å²) in [6, 6.07) is 17.8. The van der Waals surface area contributed by atoms with E-state index in [1.807, 2.05) is 66.4 Å². The molecule has 0 N–H and O–H groups in total. The van der Waals surface area contributed by atoms with E-state index in [2.05, 4.69) is 0 Å². The zero-order valence-electron chi connectivity index (χ0n) is 12.2. The standard InChI is InChI=1S/C18H19NO2/c1-14-7-5-6-10-16(14)18(20)19-11-12-21-17(13-19)15-8-3-2-4-9-15/h2-10,17H,11-13H2,1H3. The highest BCUT2D eigenvalue weighted by Crippen LogP contribution is 2.23. The van der Waals surface area contributed by atoms with Gasteiger partial charge in [-0.2, -0.15) is 0 Å². The Hall–Kier alpha value is -2.13. The van der Waals surface area contributed by atoms with Gasteiger partial charge in [0.2, 0.25) is 0 Å². The Balaban J connectivity index is 1.77. The molecular formula is C18H19NO2. The van der Waals surface area contributed by atoms with Crippen LogP contribution in [0, 0.1) is 6.92 Å². The molecule has 1 amide bonds. The van der Waals surface area contributed by atoms with Crippen LogP contribution in [0.4, 0.5) is 0 Å². The number of aryl methyl sites for hydroxylation is 1. The third-order valence-electron chi connectivity index (χ3n) is 3.90. The van der Waals surface area contributed by atoms with Crippen molar-refractivity contribution in [2.45, 2.75) is 13.0 Å². The second-order valence-corrected chi connectivity index (χ2v) is 5.34. The molecule has 2 aromatic carbocycles. The number of rotatable bonds is 2. The molecule has 21 heavy (non-hydrogen) atoms. The molecule has 3 heteroatoms. The van der Waals surface area contributed by atoms with Crippen molar-refractivity contribution in [2.24, 2.45) is 0 Å². The van der Waals surface area contributed by atoms with Crippen LogP contribution in [0.5, 0.6) is 0 Å². The van der Waals surface area contributed by atoms with Crippen LogP contribution in [0.25, 0.3) is 0 Å². The molecule has 2 aromatic rings. The number of nitrogens with zero attached hydrogens (tertiary/aromatic N) is 1. The first kappa shape index (κ1) is 13.8. The van der Waals surface area contributed by atoms with E-state index < -0.39 is 0 Å². The van der Waals surface area contributed by atoms with Crippen molar-refractivity contribution >= 4 is 5.91 Å². The summed E-state index contributed by atoms with van der Waals surface area (Å²) >= 11 is 0. The molecule has 1 fully saturated rings. The summed E-state index contributed by atoms with van der Waals surface area (Å²) in [7, 11) is 0. The molecule has 3 nitrogen and oxygen atoms in total. The number of ether oxygens (including phenoxy) is 1. The highest BCUT2D eigenvalue weighted by atomic mass is 16.5. The number of benzene rings is 2. The number of amides is 1. The molecule has 0 bridgehead atoms. The first-order valence-electron chi connectivity index (χ1n) is 7.27. The molecule has 1 unspecified atom stereocenters. The Morgan fingerprint density at radius 3 is 2.57 bits per heavy atom. The summed E-state index contributed by atoms with van der Waals surface area (Å²) in [5.41, 5.74) is 2.93. The number of carbonyl (C=O) groups is 1. The van der Waals surface area contributed by atoms with Crippen molar-refractivity contribution in [1.29, 1.82) is 0 Å². The lowest BCUT2D eigenvalue weighted by Gasteiger charge is -2.33. The summed E-state index contributed by atoms with van der Waals surface area (Å²) in [5, 5.41) is 0. The van der Waals surface area contributed by atoms with E-state index in [0.29, 0.717) is 19.7 Å². The van der Waals surface area contributed by atoms with Crippen molar-refractivity contribution in [2.75, 3.05) is 19.7 Å². The summed E-state index contributed by atoms with van der Waals surface area (Å²) < 4.78 is 5.82. The molecule has 0 saturated carbocycles. The van der Waals surface area contributed by atoms with Gasteiger partial charge in [-0.05, 0) is 24.1 Å². The fourth-order valence-electron chi connectivity index (χ4n) is 2.69. The number of carbonyl (C=O) groups excluding carboxylic acids is 1. The third-order valence-corrected chi connectivity index (χ3v) is 3.90. The lowest BCUT2D eigenvalue weighted by Crippen LogP contribution is -2.42. The SMILES string of the molecule is Cc1ccccc1C(=O)N1CCOC(c2ccccc2)C1. The summed E-state index contributed by atoms with van der Waals surface area (Å²) in [6.07, 6.45) is -0.0343. The van der Waals surface area contributed by atoms with Gasteiger partial charge in [-0.15, -0.1) is 0 Å². The average Bonchev–Trinajstić information content (AvgIpc) is 2.56. The van der Waals surface area contributed by atoms with Crippen LogP contribution in [0.3, 0.4) is 0 Å². The minimum absolute atomic E-state index is 0.0343. The summed E-state index contributed by atoms with van der Waals surface area (Å²) in [6.45, 7) is 3.81. The maximum atomic E-state index is 12.7. The maximum absolute atomic E-state index is 12.7. The number of morpholine rings is 1. The van der Waals surface area contributed by atoms with Gasteiger partial charge < -0.3 is 9.64 Å². The molecular weight excluding hydrogens is 262 g/mol. The first-order chi connectivity index (χ1) is 10.3. The molecule has 0 radical (unpaired) electrons. The second-order valence-electron chi connectivity index (χ2n) is 5.34. The topological polar surface area (TPSA) is 29.5 Å². The van der Waals surface area contributed by atoms with Crippen LogP contribution < -0.4 is 0 Å². The predicted octanol–water partition coefficient (Wildman–Crippen LogP) is 3.21. The predicted molar refractivity (Wildman–Crippen MR) is 82.2 cm³/mol. The third kappa shape index (κ3) is 2.98. The van der Waals surface area contributed by atoms with Gasteiger partial charge >= 0.3 is 0 Å². The van der Waals surface area contributed by atoms with Crippen molar-refractivity contribution in [3.63, 3.8) is 0 Å². The quantitative estimate of drug-likeness (QED) is 0.846. The number of hydrogen-bond donors (Lipinski definition) is 0. The monoisotopic (exact) mass is 281 g/mol. The molecule has 1 aliphatic heterocycles. The lowest BCUT2D eigenvalue weighted by molar-refractivity contribution is -0.0228. The summed E-state index contributed by atoms with van der Waals surface area (Å²) in [5.74, 6) is 0.0948. The van der Waals surface area contributed by atoms with Crippen LogP contribution >= 0.6 is 0 Å². The Kier molecular flexibility index (Phi) is 4.02. The highest BCUT2D eigenvalue weighted by Gasteiger charge is 2.26. The van der Waals surface area contributed by atoms with Crippen LogP contribution in [-0.2, 0) is 4.74 Å². The van der Waals surface area contributed by atoms with Crippen molar-refractivity contribution in [3.05, 3.63) is 71.3 Å². The van der Waals surface area contributed by atoms with E-state index in [4.69, 9.17) is 4.74 Å². The van der Waals surface area contributed by atoms with E-state index in [0.717, 1.165) is 16.7 Å². The summed E-state index contributed by atoms with van der Waals surface area (Å²) in [4.78, 5) is 14.6. The van der Waals surface area contributed by atoms with E-state index in [1.165, 1.54) is 0 Å². The van der Waals surface area contributed by atoms with Gasteiger partial charge in [0.1, 0.15) is 6.10 Å². The maximum Gasteiger partial charge on any atom is 0.254 e. The minimum Gasteiger partial charge on any atom is -0.370 e. The Morgan fingerprint density at radius 2 is 1.81 bits per heavy atom. The Labute approximate surface area is 125 Å². The van der Waals surface area contributed by atoms with Crippen molar-refractivity contribution in [1.82, 2.24) is 4.90 Å². The van der Waals surface area contributed by atoms with Crippen LogP contribution in [0.1, 0.15) is 27.6 Å². The first-order valence-corrected chi connectivity index (χ1v) is 7.27. The van der Waals surface area contributed by atoms with Gasteiger partial charge in [0.15, 0.2) is 0 Å². The van der Waals surface area contributed by atoms with Crippen LogP contribution in [-0.4, -0.2) is 30.5 Å². The van der Waals surface area contributed by atoms with E-state index in [-0.39, 0.29) is 12.0 Å². The van der Waals surface area contributed by atoms with E-state index >= 15 is 0 Å². The van der Waals surface area contributed by atoms with Gasteiger partial charge in [0.25, 0.3) is 5.91 Å². The van der Waals surface area contributed by atoms with Gasteiger partial charge in [-0.1, -0.05) is 48.5 Å². The zero-order valence-corrected chi connectivity index (χ0v) is 12.2. The Morgan fingerprint density at radius 1 is 1.10 bits per heavy atom. The Bertz CT molecular complexity index is 624. The largest absolute Gasteiger partial charge is 0.370 e. The second kappa shape index (κ2) is 6.10. The molecule has 108 valence electrons. The van der Waals surface area contributed by atoms with Crippen LogP contribution in [0.15, 0.2) is 54.6 Å². The lowest BCUT2D eigenvalue weighted by atomic mass is 10.1. The fourth-order valence-corrected chi connectivity index (χ4v) is 2.69. The molecule has 0 aliphatic carbocycles. The highest BCUT2D eigenvalue weighted by molar-refractivity contribution is 5.95. The van der Waals surface area contributed by atoms with Gasteiger partial charge in [0, 0.05) is 12.1 Å². The van der Waals surface area contributed by atoms with Crippen LogP contribution in [0.2, 0.25) is 0 Å². The van der Waals surface area contributed by atoms with Gasteiger partial charge in [-0.25, -0.2) is 0 Å². The van der Waals surface area contributed by atoms with E-state index in [1.54, 1.807) is 0 Å². The molecule has 1 heterocycles. The number of hydrogen-bond acceptors (Lipinski definition) is 2. The van der Waals surface area contributed by atoms with Gasteiger partial charge in [0.05, 0.1) is 13.2 Å². The molecule has 0 spiro atoms. The minimum atomic E-state index is -0.0343. The van der Waals surface area contributed by atoms with Gasteiger partial charge in [-0.3, -0.25) is 4.79 Å². The average molecular weight is 281 g/mol. The van der Waals surface area contributed by atoms with E-state index in [9.17, 15) is 4.79 Å². The van der Waals surface area contributed by atoms with Crippen molar-refractivity contribution in [3.8, 4) is 0 Å². The molecule has 1 atom stereocenters. The smallest absolute Gasteiger partial charge is 0.254 e.